The number of aromatic amines is 1. The van der Waals surface area contributed by atoms with Gasteiger partial charge in [0.25, 0.3) is 5.56 Å². The maximum absolute atomic E-state index is 11.5. The minimum absolute atomic E-state index is 0.234. The van der Waals surface area contributed by atoms with Crippen molar-refractivity contribution < 1.29 is 9.53 Å². The second-order valence-corrected chi connectivity index (χ2v) is 3.59. The lowest BCUT2D eigenvalue weighted by atomic mass is 10.2. The Morgan fingerprint density at radius 1 is 1.50 bits per heavy atom. The van der Waals surface area contributed by atoms with Crippen molar-refractivity contribution >= 4 is 22.6 Å². The summed E-state index contributed by atoms with van der Waals surface area (Å²) in [6.07, 6.45) is 3.10. The minimum Gasteiger partial charge on any atom is -0.464 e. The highest BCUT2D eigenvalue weighted by Crippen LogP contribution is 2.14. The third-order valence-electron chi connectivity index (χ3n) is 2.29. The fourth-order valence-electron chi connectivity index (χ4n) is 1.51. The second-order valence-electron chi connectivity index (χ2n) is 3.59. The van der Waals surface area contributed by atoms with Crippen LogP contribution < -0.4 is 10.9 Å². The number of aromatic nitrogens is 3. The van der Waals surface area contributed by atoms with Crippen LogP contribution >= 0.6 is 0 Å². The SMILES string of the molecule is CC(=O)OCCNc1n[nH]c(=O)c2ccncc12. The van der Waals surface area contributed by atoms with Crippen LogP contribution in [-0.2, 0) is 9.53 Å². The third kappa shape index (κ3) is 2.62. The van der Waals surface area contributed by atoms with E-state index in [1.165, 1.54) is 6.92 Å². The Hall–Kier alpha value is -2.44. The van der Waals surface area contributed by atoms with Crippen LogP contribution in [0.2, 0.25) is 0 Å². The zero-order chi connectivity index (χ0) is 13.0. The standard InChI is InChI=1S/C11H12N4O3/c1-7(16)18-5-4-13-10-9-6-12-3-2-8(9)11(17)15-14-10/h2-3,6H,4-5H2,1H3,(H,13,14)(H,15,17). The van der Waals surface area contributed by atoms with Gasteiger partial charge in [0.15, 0.2) is 5.82 Å². The first-order valence-electron chi connectivity index (χ1n) is 5.38. The molecule has 2 aromatic rings. The Morgan fingerprint density at radius 3 is 3.11 bits per heavy atom. The number of hydrogen-bond donors (Lipinski definition) is 2. The molecule has 0 saturated heterocycles. The van der Waals surface area contributed by atoms with Gasteiger partial charge in [-0.15, -0.1) is 0 Å². The summed E-state index contributed by atoms with van der Waals surface area (Å²) in [7, 11) is 0. The summed E-state index contributed by atoms with van der Waals surface area (Å²) >= 11 is 0. The number of esters is 1. The zero-order valence-electron chi connectivity index (χ0n) is 9.77. The largest absolute Gasteiger partial charge is 0.464 e. The summed E-state index contributed by atoms with van der Waals surface area (Å²) in [5.41, 5.74) is -0.266. The number of fused-ring (bicyclic) bond motifs is 1. The molecule has 18 heavy (non-hydrogen) atoms. The van der Waals surface area contributed by atoms with Gasteiger partial charge in [-0.3, -0.25) is 14.6 Å². The van der Waals surface area contributed by atoms with Gasteiger partial charge >= 0.3 is 5.97 Å². The smallest absolute Gasteiger partial charge is 0.302 e. The van der Waals surface area contributed by atoms with Crippen molar-refractivity contribution in [3.8, 4) is 0 Å². The Morgan fingerprint density at radius 2 is 2.33 bits per heavy atom. The van der Waals surface area contributed by atoms with Gasteiger partial charge in [-0.05, 0) is 6.07 Å². The van der Waals surface area contributed by atoms with Crippen LogP contribution in [0.25, 0.3) is 10.8 Å². The summed E-state index contributed by atoms with van der Waals surface area (Å²) in [5.74, 6) is 0.169. The van der Waals surface area contributed by atoms with Crippen LogP contribution in [-0.4, -0.2) is 34.3 Å². The van der Waals surface area contributed by atoms with E-state index in [2.05, 4.69) is 20.5 Å². The number of pyridine rings is 1. The first kappa shape index (κ1) is 12.0. The number of ether oxygens (including phenoxy) is 1. The molecule has 0 aliphatic rings. The van der Waals surface area contributed by atoms with E-state index in [1.807, 2.05) is 0 Å². The molecule has 0 radical (unpaired) electrons. The van der Waals surface area contributed by atoms with E-state index < -0.39 is 0 Å². The van der Waals surface area contributed by atoms with Crippen molar-refractivity contribution in [1.29, 1.82) is 0 Å². The highest BCUT2D eigenvalue weighted by molar-refractivity contribution is 5.89. The highest BCUT2D eigenvalue weighted by Gasteiger charge is 2.05. The fraction of sp³-hybridized carbons (Fsp3) is 0.273. The Bertz CT molecular complexity index is 623. The van der Waals surface area contributed by atoms with Gasteiger partial charge in [-0.1, -0.05) is 0 Å². The van der Waals surface area contributed by atoms with Gasteiger partial charge in [0.2, 0.25) is 0 Å². The normalized spacial score (nSPS) is 10.3. The predicted octanol–water partition coefficient (Wildman–Crippen LogP) is 0.293. The van der Waals surface area contributed by atoms with E-state index in [4.69, 9.17) is 4.74 Å². The summed E-state index contributed by atoms with van der Waals surface area (Å²) in [4.78, 5) is 26.0. The quantitative estimate of drug-likeness (QED) is 0.596. The predicted molar refractivity (Wildman–Crippen MR) is 65.3 cm³/mol. The first-order valence-corrected chi connectivity index (χ1v) is 5.38. The van der Waals surface area contributed by atoms with Gasteiger partial charge < -0.3 is 10.1 Å². The number of nitrogens with one attached hydrogen (secondary N) is 2. The molecule has 7 nitrogen and oxygen atoms in total. The number of rotatable bonds is 4. The number of carbonyl (C=O) groups is 1. The van der Waals surface area contributed by atoms with E-state index >= 15 is 0 Å². The topological polar surface area (TPSA) is 97.0 Å². The zero-order valence-corrected chi connectivity index (χ0v) is 9.77. The molecule has 94 valence electrons. The Labute approximate surface area is 102 Å². The van der Waals surface area contributed by atoms with Crippen molar-refractivity contribution in [1.82, 2.24) is 15.2 Å². The highest BCUT2D eigenvalue weighted by atomic mass is 16.5. The van der Waals surface area contributed by atoms with Crippen LogP contribution in [0.4, 0.5) is 5.82 Å². The molecule has 0 bridgehead atoms. The molecular formula is C11H12N4O3. The summed E-state index contributed by atoms with van der Waals surface area (Å²) in [6.45, 7) is 1.98. The van der Waals surface area contributed by atoms with Gasteiger partial charge in [0.05, 0.1) is 11.9 Å². The molecule has 0 spiro atoms. The molecule has 7 heteroatoms. The molecule has 0 saturated carbocycles. The molecule has 0 atom stereocenters. The van der Waals surface area contributed by atoms with Gasteiger partial charge in [-0.2, -0.15) is 5.10 Å². The maximum atomic E-state index is 11.5. The van der Waals surface area contributed by atoms with Crippen molar-refractivity contribution in [2.75, 3.05) is 18.5 Å². The van der Waals surface area contributed by atoms with Crippen LogP contribution in [0.15, 0.2) is 23.3 Å². The Kier molecular flexibility index (Phi) is 3.52. The molecule has 0 aliphatic carbocycles. The maximum Gasteiger partial charge on any atom is 0.302 e. The number of nitrogens with zero attached hydrogens (tertiary/aromatic N) is 2. The average molecular weight is 248 g/mol. The van der Waals surface area contributed by atoms with Crippen LogP contribution in [0, 0.1) is 0 Å². The minimum atomic E-state index is -0.335. The van der Waals surface area contributed by atoms with E-state index in [0.717, 1.165) is 0 Å². The Balaban J connectivity index is 2.16. The first-order chi connectivity index (χ1) is 8.68. The monoisotopic (exact) mass is 248 g/mol. The van der Waals surface area contributed by atoms with Crippen molar-refractivity contribution in [2.24, 2.45) is 0 Å². The van der Waals surface area contributed by atoms with Crippen LogP contribution in [0.1, 0.15) is 6.92 Å². The lowest BCUT2D eigenvalue weighted by Gasteiger charge is -2.07. The molecule has 0 amide bonds. The van der Waals surface area contributed by atoms with Crippen molar-refractivity contribution in [3.05, 3.63) is 28.8 Å². The molecule has 0 fully saturated rings. The van der Waals surface area contributed by atoms with Crippen LogP contribution in [0.3, 0.4) is 0 Å². The average Bonchev–Trinajstić information content (AvgIpc) is 2.37. The van der Waals surface area contributed by atoms with Gasteiger partial charge in [0, 0.05) is 24.7 Å². The van der Waals surface area contributed by atoms with Crippen molar-refractivity contribution in [3.63, 3.8) is 0 Å². The number of anilines is 1. The lowest BCUT2D eigenvalue weighted by molar-refractivity contribution is -0.140. The fourth-order valence-corrected chi connectivity index (χ4v) is 1.51. The van der Waals surface area contributed by atoms with Gasteiger partial charge in [-0.25, -0.2) is 5.10 Å². The molecule has 2 heterocycles. The summed E-state index contributed by atoms with van der Waals surface area (Å²) in [6, 6.07) is 1.62. The number of hydrogen-bond acceptors (Lipinski definition) is 6. The molecular weight excluding hydrogens is 236 g/mol. The second kappa shape index (κ2) is 5.26. The van der Waals surface area contributed by atoms with Gasteiger partial charge in [0.1, 0.15) is 6.61 Å². The molecule has 0 aromatic carbocycles. The molecule has 2 N–H and O–H groups in total. The van der Waals surface area contributed by atoms with E-state index in [1.54, 1.807) is 18.5 Å². The van der Waals surface area contributed by atoms with E-state index in [0.29, 0.717) is 23.1 Å². The van der Waals surface area contributed by atoms with E-state index in [-0.39, 0.29) is 18.1 Å². The van der Waals surface area contributed by atoms with Crippen LogP contribution in [0.5, 0.6) is 0 Å². The third-order valence-corrected chi connectivity index (χ3v) is 2.29. The molecule has 0 aliphatic heterocycles. The molecule has 2 rings (SSSR count). The van der Waals surface area contributed by atoms with Crippen molar-refractivity contribution in [2.45, 2.75) is 6.92 Å². The summed E-state index contributed by atoms with van der Waals surface area (Å²) < 4.78 is 4.78. The number of carbonyl (C=O) groups excluding carboxylic acids is 1. The van der Waals surface area contributed by atoms with E-state index in [9.17, 15) is 9.59 Å². The lowest BCUT2D eigenvalue weighted by Crippen LogP contribution is -2.16. The summed E-state index contributed by atoms with van der Waals surface area (Å²) in [5, 5.41) is 10.4. The molecule has 2 aromatic heterocycles. The molecule has 0 unspecified atom stereocenters. The number of H-pyrrole nitrogens is 1.